The van der Waals surface area contributed by atoms with Crippen molar-refractivity contribution in [2.24, 2.45) is 0 Å². The van der Waals surface area contributed by atoms with Crippen LogP contribution < -0.4 is 5.32 Å². The first-order valence-corrected chi connectivity index (χ1v) is 8.54. The SMILES string of the molecule is CCCNC(c1ccsc1C)C1CCc2ccccc21. The summed E-state index contributed by atoms with van der Waals surface area (Å²) in [6.45, 7) is 5.59. The zero-order chi connectivity index (χ0) is 13.9. The Balaban J connectivity index is 1.93. The Kier molecular flexibility index (Phi) is 4.23. The number of hydrogen-bond donors (Lipinski definition) is 1. The summed E-state index contributed by atoms with van der Waals surface area (Å²) in [5.41, 5.74) is 4.62. The van der Waals surface area contributed by atoms with Gasteiger partial charge in [-0.05, 0) is 60.9 Å². The molecule has 106 valence electrons. The minimum absolute atomic E-state index is 0.477. The van der Waals surface area contributed by atoms with E-state index >= 15 is 0 Å². The molecule has 1 aromatic heterocycles. The lowest BCUT2D eigenvalue weighted by atomic mass is 9.88. The van der Waals surface area contributed by atoms with Crippen molar-refractivity contribution in [2.45, 2.75) is 45.1 Å². The number of thiophene rings is 1. The Morgan fingerprint density at radius 1 is 1.30 bits per heavy atom. The zero-order valence-electron chi connectivity index (χ0n) is 12.4. The second kappa shape index (κ2) is 6.11. The molecule has 0 amide bonds. The second-order valence-electron chi connectivity index (χ2n) is 5.71. The molecule has 0 aliphatic heterocycles. The highest BCUT2D eigenvalue weighted by Crippen LogP contribution is 2.43. The normalized spacial score (nSPS) is 19.0. The van der Waals surface area contributed by atoms with Crippen molar-refractivity contribution in [1.29, 1.82) is 0 Å². The maximum absolute atomic E-state index is 3.80. The summed E-state index contributed by atoms with van der Waals surface area (Å²) in [5.74, 6) is 0.631. The molecule has 0 radical (unpaired) electrons. The Labute approximate surface area is 126 Å². The summed E-state index contributed by atoms with van der Waals surface area (Å²) in [6.07, 6.45) is 3.69. The lowest BCUT2D eigenvalue weighted by Crippen LogP contribution is -2.27. The summed E-state index contributed by atoms with van der Waals surface area (Å²) in [7, 11) is 0. The molecule has 0 fully saturated rings. The maximum atomic E-state index is 3.80. The lowest BCUT2D eigenvalue weighted by Gasteiger charge is -2.26. The van der Waals surface area contributed by atoms with Gasteiger partial charge in [-0.3, -0.25) is 0 Å². The molecule has 0 saturated carbocycles. The van der Waals surface area contributed by atoms with Crippen LogP contribution in [-0.4, -0.2) is 6.54 Å². The highest BCUT2D eigenvalue weighted by Gasteiger charge is 2.31. The highest BCUT2D eigenvalue weighted by atomic mass is 32.1. The molecule has 2 aromatic rings. The van der Waals surface area contributed by atoms with E-state index in [9.17, 15) is 0 Å². The molecule has 1 aliphatic rings. The van der Waals surface area contributed by atoms with Crippen LogP contribution in [0, 0.1) is 6.92 Å². The van der Waals surface area contributed by atoms with Crippen LogP contribution in [-0.2, 0) is 6.42 Å². The number of rotatable bonds is 5. The molecule has 2 unspecified atom stereocenters. The number of hydrogen-bond acceptors (Lipinski definition) is 2. The van der Waals surface area contributed by atoms with Gasteiger partial charge in [-0.1, -0.05) is 31.2 Å². The van der Waals surface area contributed by atoms with Gasteiger partial charge in [-0.2, -0.15) is 0 Å². The quantitative estimate of drug-likeness (QED) is 0.830. The third-order valence-corrected chi connectivity index (χ3v) is 5.29. The van der Waals surface area contributed by atoms with Crippen molar-refractivity contribution < 1.29 is 0 Å². The van der Waals surface area contributed by atoms with E-state index in [1.807, 2.05) is 11.3 Å². The fraction of sp³-hybridized carbons (Fsp3) is 0.444. The van der Waals surface area contributed by atoms with Gasteiger partial charge in [0.25, 0.3) is 0 Å². The average Bonchev–Trinajstić information content (AvgIpc) is 3.07. The minimum atomic E-state index is 0.477. The van der Waals surface area contributed by atoms with Crippen molar-refractivity contribution in [2.75, 3.05) is 6.54 Å². The molecule has 2 heteroatoms. The number of nitrogens with one attached hydrogen (secondary N) is 1. The Hall–Kier alpha value is -1.12. The van der Waals surface area contributed by atoms with E-state index in [4.69, 9.17) is 0 Å². The van der Waals surface area contributed by atoms with Crippen molar-refractivity contribution in [3.05, 3.63) is 57.3 Å². The van der Waals surface area contributed by atoms with Gasteiger partial charge in [0.1, 0.15) is 0 Å². The molecule has 0 saturated heterocycles. The van der Waals surface area contributed by atoms with Crippen LogP contribution in [0.5, 0.6) is 0 Å². The maximum Gasteiger partial charge on any atom is 0.0400 e. The van der Waals surface area contributed by atoms with Crippen molar-refractivity contribution in [1.82, 2.24) is 5.32 Å². The fourth-order valence-corrected chi connectivity index (χ4v) is 4.17. The van der Waals surface area contributed by atoms with Crippen LogP contribution in [0.15, 0.2) is 35.7 Å². The largest absolute Gasteiger partial charge is 0.309 e. The molecular formula is C18H23NS. The third-order valence-electron chi connectivity index (χ3n) is 4.43. The number of benzene rings is 1. The first kappa shape index (κ1) is 13.8. The summed E-state index contributed by atoms with van der Waals surface area (Å²) in [4.78, 5) is 1.46. The van der Waals surface area contributed by atoms with Gasteiger partial charge in [-0.15, -0.1) is 11.3 Å². The van der Waals surface area contributed by atoms with E-state index in [2.05, 4.69) is 54.9 Å². The van der Waals surface area contributed by atoms with E-state index in [0.717, 1.165) is 6.54 Å². The van der Waals surface area contributed by atoms with Crippen LogP contribution >= 0.6 is 11.3 Å². The molecule has 1 nitrogen and oxygen atoms in total. The van der Waals surface area contributed by atoms with Crippen LogP contribution in [0.1, 0.15) is 53.3 Å². The lowest BCUT2D eigenvalue weighted by molar-refractivity contribution is 0.442. The molecule has 20 heavy (non-hydrogen) atoms. The topological polar surface area (TPSA) is 12.0 Å². The van der Waals surface area contributed by atoms with Crippen molar-refractivity contribution in [3.63, 3.8) is 0 Å². The molecule has 1 N–H and O–H groups in total. The molecule has 3 rings (SSSR count). The van der Waals surface area contributed by atoms with Crippen LogP contribution in [0.3, 0.4) is 0 Å². The third kappa shape index (κ3) is 2.55. The van der Waals surface area contributed by atoms with Gasteiger partial charge >= 0.3 is 0 Å². The van der Waals surface area contributed by atoms with Crippen LogP contribution in [0.4, 0.5) is 0 Å². The van der Waals surface area contributed by atoms with Crippen LogP contribution in [0.2, 0.25) is 0 Å². The van der Waals surface area contributed by atoms with Gasteiger partial charge in [0, 0.05) is 16.8 Å². The van der Waals surface area contributed by atoms with E-state index < -0.39 is 0 Å². The summed E-state index contributed by atoms with van der Waals surface area (Å²) in [6, 6.07) is 11.8. The predicted molar refractivity (Wildman–Crippen MR) is 87.6 cm³/mol. The first-order valence-electron chi connectivity index (χ1n) is 7.66. The van der Waals surface area contributed by atoms with E-state index in [-0.39, 0.29) is 0 Å². The smallest absolute Gasteiger partial charge is 0.0400 e. The van der Waals surface area contributed by atoms with Gasteiger partial charge in [0.05, 0.1) is 0 Å². The van der Waals surface area contributed by atoms with E-state index in [1.54, 1.807) is 11.1 Å². The predicted octanol–water partition coefficient (Wildman–Crippen LogP) is 4.83. The monoisotopic (exact) mass is 285 g/mol. The number of fused-ring (bicyclic) bond motifs is 1. The van der Waals surface area contributed by atoms with E-state index in [0.29, 0.717) is 12.0 Å². The zero-order valence-corrected chi connectivity index (χ0v) is 13.2. The van der Waals surface area contributed by atoms with E-state index in [1.165, 1.54) is 29.7 Å². The highest BCUT2D eigenvalue weighted by molar-refractivity contribution is 7.10. The van der Waals surface area contributed by atoms with Gasteiger partial charge in [0.15, 0.2) is 0 Å². The summed E-state index contributed by atoms with van der Waals surface area (Å²) in [5, 5.41) is 6.03. The van der Waals surface area contributed by atoms with Gasteiger partial charge in [-0.25, -0.2) is 0 Å². The molecule has 1 heterocycles. The van der Waals surface area contributed by atoms with Gasteiger partial charge in [0.2, 0.25) is 0 Å². The summed E-state index contributed by atoms with van der Waals surface area (Å²) < 4.78 is 0. The molecule has 2 atom stereocenters. The second-order valence-corrected chi connectivity index (χ2v) is 6.83. The number of aryl methyl sites for hydroxylation is 2. The molecule has 0 spiro atoms. The molecule has 1 aliphatic carbocycles. The standard InChI is InChI=1S/C18H23NS/c1-3-11-19-18(15-10-12-20-13(15)2)17-9-8-14-6-4-5-7-16(14)17/h4-7,10,12,17-19H,3,8-9,11H2,1-2H3. The molecule has 1 aromatic carbocycles. The minimum Gasteiger partial charge on any atom is -0.309 e. The fourth-order valence-electron chi connectivity index (χ4n) is 3.42. The molecular weight excluding hydrogens is 262 g/mol. The average molecular weight is 285 g/mol. The first-order chi connectivity index (χ1) is 9.81. The Bertz CT molecular complexity index is 572. The Morgan fingerprint density at radius 2 is 2.15 bits per heavy atom. The summed E-state index contributed by atoms with van der Waals surface area (Å²) >= 11 is 1.87. The van der Waals surface area contributed by atoms with Crippen molar-refractivity contribution in [3.8, 4) is 0 Å². The van der Waals surface area contributed by atoms with Crippen LogP contribution in [0.25, 0.3) is 0 Å². The molecule has 0 bridgehead atoms. The Morgan fingerprint density at radius 3 is 2.90 bits per heavy atom. The van der Waals surface area contributed by atoms with Gasteiger partial charge < -0.3 is 5.32 Å². The van der Waals surface area contributed by atoms with Crippen molar-refractivity contribution >= 4 is 11.3 Å².